The Morgan fingerprint density at radius 1 is 0.944 bits per heavy atom. The summed E-state index contributed by atoms with van der Waals surface area (Å²) in [5.41, 5.74) is 10.4. The summed E-state index contributed by atoms with van der Waals surface area (Å²) in [7, 11) is 0. The predicted molar refractivity (Wildman–Crippen MR) is 71.9 cm³/mol. The number of nitrogens with two attached hydrogens (primary N) is 1. The summed E-state index contributed by atoms with van der Waals surface area (Å²) in [6, 6.07) is 14.2. The number of nitrogens with zero attached hydrogens (tertiary/aromatic N) is 3. The number of anilines is 1. The summed E-state index contributed by atoms with van der Waals surface area (Å²) in [5.74, 6) is 0.207. The molecule has 0 aliphatic heterocycles. The number of aromatic nitrogens is 3. The number of aryl methyl sites for hydroxylation is 1. The van der Waals surface area contributed by atoms with E-state index in [2.05, 4.69) is 33.4 Å². The molecule has 0 aliphatic rings. The van der Waals surface area contributed by atoms with Crippen LogP contribution in [-0.2, 0) is 0 Å². The minimum atomic E-state index is 0.207. The van der Waals surface area contributed by atoms with Gasteiger partial charge in [0.25, 0.3) is 0 Å². The molecule has 3 rings (SSSR count). The third-order valence-corrected chi connectivity index (χ3v) is 2.87. The van der Waals surface area contributed by atoms with Crippen LogP contribution >= 0.6 is 0 Å². The highest BCUT2D eigenvalue weighted by molar-refractivity contribution is 5.84. The van der Waals surface area contributed by atoms with Gasteiger partial charge in [-0.25, -0.2) is 4.98 Å². The van der Waals surface area contributed by atoms with E-state index in [9.17, 15) is 0 Å². The summed E-state index contributed by atoms with van der Waals surface area (Å²) in [6.07, 6.45) is 0. The maximum absolute atomic E-state index is 5.56. The van der Waals surface area contributed by atoms with Gasteiger partial charge < -0.3 is 5.73 Å². The van der Waals surface area contributed by atoms with Crippen LogP contribution in [0.3, 0.4) is 0 Å². The Morgan fingerprint density at radius 3 is 2.50 bits per heavy atom. The summed E-state index contributed by atoms with van der Waals surface area (Å²) < 4.78 is 0. The Hall–Kier alpha value is -2.49. The zero-order valence-corrected chi connectivity index (χ0v) is 9.96. The van der Waals surface area contributed by atoms with Crippen LogP contribution in [0.4, 0.5) is 5.95 Å². The highest BCUT2D eigenvalue weighted by Gasteiger charge is 2.06. The van der Waals surface area contributed by atoms with Gasteiger partial charge >= 0.3 is 0 Å². The Balaban J connectivity index is 2.25. The van der Waals surface area contributed by atoms with Gasteiger partial charge in [-0.1, -0.05) is 30.3 Å². The molecule has 0 amide bonds. The molecule has 0 fully saturated rings. The van der Waals surface area contributed by atoms with Gasteiger partial charge in [-0.05, 0) is 35.7 Å². The van der Waals surface area contributed by atoms with E-state index in [1.54, 1.807) is 0 Å². The molecule has 0 radical (unpaired) electrons. The fourth-order valence-corrected chi connectivity index (χ4v) is 2.02. The Kier molecular flexibility index (Phi) is 2.41. The van der Waals surface area contributed by atoms with E-state index in [4.69, 9.17) is 5.73 Å². The number of benzene rings is 2. The Bertz CT molecular complexity index is 708. The first-order valence-corrected chi connectivity index (χ1v) is 5.70. The second-order valence-corrected chi connectivity index (χ2v) is 4.20. The van der Waals surface area contributed by atoms with E-state index >= 15 is 0 Å². The molecule has 1 heterocycles. The van der Waals surface area contributed by atoms with Crippen molar-refractivity contribution in [3.8, 4) is 11.1 Å². The molecular formula is C14H12N4. The molecule has 1 aromatic heterocycles. The lowest BCUT2D eigenvalue weighted by atomic mass is 10.0. The van der Waals surface area contributed by atoms with Gasteiger partial charge in [0.2, 0.25) is 5.95 Å². The SMILES string of the molecule is Cc1cc(-c2ccccc2)cc2nnc(N)nc12. The molecule has 0 atom stereocenters. The Morgan fingerprint density at radius 2 is 1.72 bits per heavy atom. The van der Waals surface area contributed by atoms with Crippen LogP contribution in [0.25, 0.3) is 22.2 Å². The molecule has 88 valence electrons. The average Bonchev–Trinajstić information content (AvgIpc) is 2.40. The van der Waals surface area contributed by atoms with Crippen molar-refractivity contribution in [2.75, 3.05) is 5.73 Å². The van der Waals surface area contributed by atoms with Gasteiger partial charge in [0.1, 0.15) is 5.52 Å². The largest absolute Gasteiger partial charge is 0.366 e. The quantitative estimate of drug-likeness (QED) is 0.705. The zero-order chi connectivity index (χ0) is 12.5. The monoisotopic (exact) mass is 236 g/mol. The van der Waals surface area contributed by atoms with Crippen LogP contribution in [-0.4, -0.2) is 15.2 Å². The van der Waals surface area contributed by atoms with Gasteiger partial charge in [-0.3, -0.25) is 0 Å². The lowest BCUT2D eigenvalue weighted by Crippen LogP contribution is -1.99. The summed E-state index contributed by atoms with van der Waals surface area (Å²) in [5, 5.41) is 7.89. The van der Waals surface area contributed by atoms with Crippen LogP contribution in [0.15, 0.2) is 42.5 Å². The van der Waals surface area contributed by atoms with Crippen molar-refractivity contribution < 1.29 is 0 Å². The van der Waals surface area contributed by atoms with Crippen LogP contribution in [0.1, 0.15) is 5.56 Å². The van der Waals surface area contributed by atoms with Crippen molar-refractivity contribution in [2.45, 2.75) is 6.92 Å². The van der Waals surface area contributed by atoms with Crippen molar-refractivity contribution in [1.82, 2.24) is 15.2 Å². The van der Waals surface area contributed by atoms with Crippen LogP contribution in [0.5, 0.6) is 0 Å². The molecule has 0 aliphatic carbocycles. The molecule has 0 unspecified atom stereocenters. The normalized spacial score (nSPS) is 10.7. The lowest BCUT2D eigenvalue weighted by molar-refractivity contribution is 1.04. The molecular weight excluding hydrogens is 224 g/mol. The number of hydrogen-bond acceptors (Lipinski definition) is 4. The highest BCUT2D eigenvalue weighted by atomic mass is 15.2. The Labute approximate surface area is 105 Å². The first-order valence-electron chi connectivity index (χ1n) is 5.70. The molecule has 2 N–H and O–H groups in total. The number of hydrogen-bond donors (Lipinski definition) is 1. The van der Waals surface area contributed by atoms with Gasteiger partial charge in [-0.2, -0.15) is 0 Å². The van der Waals surface area contributed by atoms with Crippen LogP contribution in [0, 0.1) is 6.92 Å². The standard InChI is InChI=1S/C14H12N4/c1-9-7-11(10-5-3-2-4-6-10)8-12-13(9)16-14(15)18-17-12/h2-8H,1H3,(H2,15,16,18). The van der Waals surface area contributed by atoms with Crippen molar-refractivity contribution in [2.24, 2.45) is 0 Å². The van der Waals surface area contributed by atoms with E-state index in [1.807, 2.05) is 31.2 Å². The van der Waals surface area contributed by atoms with Gasteiger partial charge in [-0.15, -0.1) is 10.2 Å². The molecule has 0 saturated heterocycles. The van der Waals surface area contributed by atoms with E-state index in [1.165, 1.54) is 0 Å². The topological polar surface area (TPSA) is 64.7 Å². The third-order valence-electron chi connectivity index (χ3n) is 2.87. The van der Waals surface area contributed by atoms with Gasteiger partial charge in [0.05, 0.1) is 5.52 Å². The highest BCUT2D eigenvalue weighted by Crippen LogP contribution is 2.25. The molecule has 4 nitrogen and oxygen atoms in total. The summed E-state index contributed by atoms with van der Waals surface area (Å²) >= 11 is 0. The number of nitrogen functional groups attached to an aromatic ring is 1. The molecule has 18 heavy (non-hydrogen) atoms. The summed E-state index contributed by atoms with van der Waals surface area (Å²) in [6.45, 7) is 2.00. The fraction of sp³-hybridized carbons (Fsp3) is 0.0714. The van der Waals surface area contributed by atoms with E-state index < -0.39 is 0 Å². The third kappa shape index (κ3) is 1.78. The fourth-order valence-electron chi connectivity index (χ4n) is 2.02. The first kappa shape index (κ1) is 10.7. The average molecular weight is 236 g/mol. The van der Waals surface area contributed by atoms with Gasteiger partial charge in [0.15, 0.2) is 0 Å². The second kappa shape index (κ2) is 4.07. The molecule has 2 aromatic carbocycles. The summed E-state index contributed by atoms with van der Waals surface area (Å²) in [4.78, 5) is 4.21. The number of fused-ring (bicyclic) bond motifs is 1. The number of rotatable bonds is 1. The van der Waals surface area contributed by atoms with Crippen molar-refractivity contribution >= 4 is 17.0 Å². The van der Waals surface area contributed by atoms with Crippen molar-refractivity contribution in [3.63, 3.8) is 0 Å². The minimum absolute atomic E-state index is 0.207. The molecule has 0 spiro atoms. The smallest absolute Gasteiger partial charge is 0.240 e. The second-order valence-electron chi connectivity index (χ2n) is 4.20. The van der Waals surface area contributed by atoms with Gasteiger partial charge in [0, 0.05) is 0 Å². The maximum Gasteiger partial charge on any atom is 0.240 e. The first-order chi connectivity index (χ1) is 8.74. The molecule has 4 heteroatoms. The molecule has 0 bridgehead atoms. The van der Waals surface area contributed by atoms with Crippen molar-refractivity contribution in [1.29, 1.82) is 0 Å². The predicted octanol–water partition coefficient (Wildman–Crippen LogP) is 2.58. The minimum Gasteiger partial charge on any atom is -0.366 e. The maximum atomic E-state index is 5.56. The molecule has 3 aromatic rings. The zero-order valence-electron chi connectivity index (χ0n) is 9.96. The lowest BCUT2D eigenvalue weighted by Gasteiger charge is -2.06. The van der Waals surface area contributed by atoms with E-state index in [0.717, 1.165) is 27.7 Å². The van der Waals surface area contributed by atoms with Crippen LogP contribution < -0.4 is 5.73 Å². The van der Waals surface area contributed by atoms with Crippen LogP contribution in [0.2, 0.25) is 0 Å². The van der Waals surface area contributed by atoms with Crippen molar-refractivity contribution in [3.05, 3.63) is 48.0 Å². The molecule has 0 saturated carbocycles. The van der Waals surface area contributed by atoms with E-state index in [-0.39, 0.29) is 5.95 Å². The van der Waals surface area contributed by atoms with E-state index in [0.29, 0.717) is 0 Å².